The van der Waals surface area contributed by atoms with Crippen LogP contribution in [0.15, 0.2) is 47.5 Å². The summed E-state index contributed by atoms with van der Waals surface area (Å²) in [5.41, 5.74) is 3.60. The van der Waals surface area contributed by atoms with Crippen LogP contribution in [0.3, 0.4) is 0 Å². The van der Waals surface area contributed by atoms with Crippen LogP contribution in [0.2, 0.25) is 0 Å². The summed E-state index contributed by atoms with van der Waals surface area (Å²) in [6.07, 6.45) is 7.83. The maximum Gasteiger partial charge on any atom is 0.259 e. The standard InChI is InChI=1S/C23H23N5O2/c1-14-10-20-18(11-17(14)22(29)25-12-15-6-4-5-9-24-15)21-19(23(30)27-20)13-26-28(21)16-7-2-3-8-16/h4-6,9-11,13,16H,2-3,7-8,12H2,1H3,(H,25,29)(H,27,30). The number of carbonyl (C=O) groups is 1. The first-order valence-electron chi connectivity index (χ1n) is 10.3. The van der Waals surface area contributed by atoms with Gasteiger partial charge < -0.3 is 10.3 Å². The molecular formula is C23H23N5O2. The maximum atomic E-state index is 12.9. The van der Waals surface area contributed by atoms with E-state index in [0.29, 0.717) is 23.5 Å². The highest BCUT2D eigenvalue weighted by atomic mass is 16.1. The maximum absolute atomic E-state index is 12.9. The molecule has 1 aromatic carbocycles. The van der Waals surface area contributed by atoms with Crippen LogP contribution in [-0.4, -0.2) is 25.7 Å². The Morgan fingerprint density at radius 3 is 2.83 bits per heavy atom. The fourth-order valence-corrected chi connectivity index (χ4v) is 4.43. The minimum absolute atomic E-state index is 0.145. The number of rotatable bonds is 4. The lowest BCUT2D eigenvalue weighted by Gasteiger charge is -2.14. The molecule has 1 saturated carbocycles. The normalized spacial score (nSPS) is 14.6. The van der Waals surface area contributed by atoms with E-state index in [2.05, 4.69) is 20.4 Å². The molecule has 0 atom stereocenters. The fourth-order valence-electron chi connectivity index (χ4n) is 4.43. The molecule has 1 amide bonds. The van der Waals surface area contributed by atoms with Crippen molar-refractivity contribution < 1.29 is 4.79 Å². The SMILES string of the molecule is Cc1cc2[nH]c(=O)c3cnn(C4CCCC4)c3c2cc1C(=O)NCc1ccccn1. The molecule has 0 saturated heterocycles. The molecule has 3 aromatic heterocycles. The molecule has 7 heteroatoms. The quantitative estimate of drug-likeness (QED) is 0.546. The first kappa shape index (κ1) is 18.5. The topological polar surface area (TPSA) is 92.7 Å². The average Bonchev–Trinajstić information content (AvgIpc) is 3.42. The Balaban J connectivity index is 1.59. The summed E-state index contributed by atoms with van der Waals surface area (Å²) in [4.78, 5) is 32.7. The van der Waals surface area contributed by atoms with Crippen molar-refractivity contribution in [3.05, 3.63) is 69.9 Å². The van der Waals surface area contributed by atoms with Crippen molar-refractivity contribution in [2.75, 3.05) is 0 Å². The van der Waals surface area contributed by atoms with Gasteiger partial charge in [-0.25, -0.2) is 0 Å². The van der Waals surface area contributed by atoms with E-state index in [1.54, 1.807) is 12.4 Å². The highest BCUT2D eigenvalue weighted by Gasteiger charge is 2.22. The summed E-state index contributed by atoms with van der Waals surface area (Å²) < 4.78 is 1.99. The molecule has 7 nitrogen and oxygen atoms in total. The summed E-state index contributed by atoms with van der Waals surface area (Å²) in [6.45, 7) is 2.24. The predicted molar refractivity (Wildman–Crippen MR) is 116 cm³/mol. The number of nitrogens with one attached hydrogen (secondary N) is 2. The van der Waals surface area contributed by atoms with Crippen LogP contribution >= 0.6 is 0 Å². The lowest BCUT2D eigenvalue weighted by Crippen LogP contribution is -2.24. The largest absolute Gasteiger partial charge is 0.346 e. The number of aromatic nitrogens is 4. The highest BCUT2D eigenvalue weighted by molar-refractivity contribution is 6.07. The van der Waals surface area contributed by atoms with Crippen molar-refractivity contribution in [3.8, 4) is 0 Å². The van der Waals surface area contributed by atoms with Crippen LogP contribution in [0.25, 0.3) is 21.8 Å². The summed E-state index contributed by atoms with van der Waals surface area (Å²) in [5.74, 6) is -0.161. The van der Waals surface area contributed by atoms with Gasteiger partial charge >= 0.3 is 0 Å². The number of nitrogens with zero attached hydrogens (tertiary/aromatic N) is 3. The number of fused-ring (bicyclic) bond motifs is 3. The average molecular weight is 401 g/mol. The number of carbonyl (C=O) groups excluding carboxylic acids is 1. The molecule has 30 heavy (non-hydrogen) atoms. The van der Waals surface area contributed by atoms with Crippen molar-refractivity contribution in [3.63, 3.8) is 0 Å². The number of benzene rings is 1. The third kappa shape index (κ3) is 3.16. The van der Waals surface area contributed by atoms with Gasteiger partial charge in [-0.2, -0.15) is 5.10 Å². The smallest absolute Gasteiger partial charge is 0.259 e. The van der Waals surface area contributed by atoms with Crippen LogP contribution < -0.4 is 10.9 Å². The first-order valence-corrected chi connectivity index (χ1v) is 10.3. The van der Waals surface area contributed by atoms with Crippen molar-refractivity contribution in [2.24, 2.45) is 0 Å². The molecule has 2 N–H and O–H groups in total. The van der Waals surface area contributed by atoms with E-state index in [-0.39, 0.29) is 11.5 Å². The van der Waals surface area contributed by atoms with Crippen LogP contribution in [0, 0.1) is 6.92 Å². The minimum Gasteiger partial charge on any atom is -0.346 e. The summed E-state index contributed by atoms with van der Waals surface area (Å²) in [6, 6.07) is 9.67. The Hall–Kier alpha value is -3.48. The molecule has 152 valence electrons. The number of pyridine rings is 2. The first-order chi connectivity index (χ1) is 14.6. The Kier molecular flexibility index (Phi) is 4.58. The molecule has 5 rings (SSSR count). The van der Waals surface area contributed by atoms with Gasteiger partial charge in [0.15, 0.2) is 0 Å². The lowest BCUT2D eigenvalue weighted by atomic mass is 10.0. The summed E-state index contributed by atoms with van der Waals surface area (Å²) >= 11 is 0. The zero-order chi connectivity index (χ0) is 20.7. The molecule has 1 aliphatic rings. The Bertz CT molecular complexity index is 1300. The van der Waals surface area contributed by atoms with Gasteiger partial charge in [0.1, 0.15) is 0 Å². The van der Waals surface area contributed by atoms with E-state index >= 15 is 0 Å². The zero-order valence-corrected chi connectivity index (χ0v) is 16.8. The number of amides is 1. The minimum atomic E-state index is -0.161. The molecule has 3 heterocycles. The lowest BCUT2D eigenvalue weighted by molar-refractivity contribution is 0.0950. The van der Waals surface area contributed by atoms with Gasteiger partial charge in [-0.05, 0) is 49.6 Å². The highest BCUT2D eigenvalue weighted by Crippen LogP contribution is 2.33. The van der Waals surface area contributed by atoms with Gasteiger partial charge in [-0.1, -0.05) is 18.9 Å². The molecule has 4 aromatic rings. The Morgan fingerprint density at radius 1 is 1.23 bits per heavy atom. The van der Waals surface area contributed by atoms with Crippen molar-refractivity contribution in [1.82, 2.24) is 25.1 Å². The molecule has 0 aliphatic heterocycles. The molecule has 0 unspecified atom stereocenters. The molecular weight excluding hydrogens is 378 g/mol. The van der Waals surface area contributed by atoms with Gasteiger partial charge in [-0.15, -0.1) is 0 Å². The predicted octanol–water partition coefficient (Wildman–Crippen LogP) is 3.63. The molecule has 0 radical (unpaired) electrons. The van der Waals surface area contributed by atoms with E-state index in [4.69, 9.17) is 0 Å². The second kappa shape index (κ2) is 7.40. The van der Waals surface area contributed by atoms with E-state index in [0.717, 1.165) is 40.5 Å². The number of aromatic amines is 1. The molecule has 0 bridgehead atoms. The van der Waals surface area contributed by atoms with Gasteiger partial charge in [0, 0.05) is 17.1 Å². The Morgan fingerprint density at radius 2 is 2.07 bits per heavy atom. The van der Waals surface area contributed by atoms with Gasteiger partial charge in [0.2, 0.25) is 0 Å². The van der Waals surface area contributed by atoms with Crippen LogP contribution in [-0.2, 0) is 6.54 Å². The monoisotopic (exact) mass is 401 g/mol. The summed E-state index contributed by atoms with van der Waals surface area (Å²) in [7, 11) is 0. The van der Waals surface area contributed by atoms with Gasteiger partial charge in [0.05, 0.1) is 40.9 Å². The van der Waals surface area contributed by atoms with E-state index in [1.165, 1.54) is 12.8 Å². The third-order valence-corrected chi connectivity index (χ3v) is 5.98. The molecule has 1 aliphatic carbocycles. The number of H-pyrrole nitrogens is 1. The second-order valence-corrected chi connectivity index (χ2v) is 7.96. The van der Waals surface area contributed by atoms with Crippen molar-refractivity contribution in [2.45, 2.75) is 45.2 Å². The van der Waals surface area contributed by atoms with Gasteiger partial charge in [0.25, 0.3) is 11.5 Å². The molecule has 1 fully saturated rings. The third-order valence-electron chi connectivity index (χ3n) is 5.98. The van der Waals surface area contributed by atoms with E-state index < -0.39 is 0 Å². The van der Waals surface area contributed by atoms with E-state index in [1.807, 2.05) is 41.9 Å². The van der Waals surface area contributed by atoms with Gasteiger partial charge in [-0.3, -0.25) is 19.3 Å². The van der Waals surface area contributed by atoms with Crippen molar-refractivity contribution >= 4 is 27.7 Å². The zero-order valence-electron chi connectivity index (χ0n) is 16.8. The number of hydrogen-bond donors (Lipinski definition) is 2. The van der Waals surface area contributed by atoms with Crippen LogP contribution in [0.4, 0.5) is 0 Å². The van der Waals surface area contributed by atoms with Crippen molar-refractivity contribution in [1.29, 1.82) is 0 Å². The van der Waals surface area contributed by atoms with Crippen LogP contribution in [0.1, 0.15) is 53.3 Å². The second-order valence-electron chi connectivity index (χ2n) is 7.96. The Labute approximate surface area is 173 Å². The number of aryl methyl sites for hydroxylation is 1. The number of hydrogen-bond acceptors (Lipinski definition) is 4. The fraction of sp³-hybridized carbons (Fsp3) is 0.304. The molecule has 0 spiro atoms. The van der Waals surface area contributed by atoms with E-state index in [9.17, 15) is 9.59 Å². The van der Waals surface area contributed by atoms with Crippen LogP contribution in [0.5, 0.6) is 0 Å². The summed E-state index contributed by atoms with van der Waals surface area (Å²) in [5, 5.41) is 8.91.